The van der Waals surface area contributed by atoms with Crippen LogP contribution in [0.1, 0.15) is 17.7 Å². The molecule has 0 N–H and O–H groups in total. The van der Waals surface area contributed by atoms with E-state index in [9.17, 15) is 18.0 Å². The highest BCUT2D eigenvalue weighted by atomic mass is 32.2. The van der Waals surface area contributed by atoms with Crippen molar-refractivity contribution in [2.24, 2.45) is 0 Å². The van der Waals surface area contributed by atoms with Crippen molar-refractivity contribution < 1.29 is 18.0 Å². The summed E-state index contributed by atoms with van der Waals surface area (Å²) in [5, 5.41) is 1.97. The Labute approximate surface area is 158 Å². The molecular weight excluding hydrogens is 374 g/mol. The first kappa shape index (κ1) is 19.3. The minimum atomic E-state index is -2.97. The lowest BCUT2D eigenvalue weighted by molar-refractivity contribution is -0.143. The largest absolute Gasteiger partial charge is 0.338 e. The van der Waals surface area contributed by atoms with Gasteiger partial charge in [-0.05, 0) is 17.9 Å². The monoisotopic (exact) mass is 399 g/mol. The molecule has 144 valence electrons. The molecule has 2 aliphatic heterocycles. The van der Waals surface area contributed by atoms with E-state index < -0.39 is 9.84 Å². The standard InChI is InChI=1S/C17H25N3O4S2/c1-26(23,24)12-10-18-6-8-19(9-7-18)17(22)15-4-5-16(21)20(15)13-14-3-2-11-25-14/h2-3,11,15H,4-10,12-13H2,1H3. The molecule has 2 aliphatic rings. The molecule has 0 saturated carbocycles. The van der Waals surface area contributed by atoms with Crippen molar-refractivity contribution in [3.8, 4) is 0 Å². The van der Waals surface area contributed by atoms with Gasteiger partial charge in [-0.15, -0.1) is 11.3 Å². The number of hydrogen-bond acceptors (Lipinski definition) is 6. The third-order valence-corrected chi connectivity index (χ3v) is 6.77. The van der Waals surface area contributed by atoms with Gasteiger partial charge in [0.25, 0.3) is 0 Å². The zero-order chi connectivity index (χ0) is 18.7. The van der Waals surface area contributed by atoms with Crippen LogP contribution in [0.2, 0.25) is 0 Å². The van der Waals surface area contributed by atoms with E-state index in [1.165, 1.54) is 6.26 Å². The van der Waals surface area contributed by atoms with Crippen LogP contribution in [0.25, 0.3) is 0 Å². The number of carbonyl (C=O) groups excluding carboxylic acids is 2. The number of thiophene rings is 1. The lowest BCUT2D eigenvalue weighted by Crippen LogP contribution is -2.54. The van der Waals surface area contributed by atoms with Gasteiger partial charge < -0.3 is 9.80 Å². The summed E-state index contributed by atoms with van der Waals surface area (Å²) < 4.78 is 22.6. The van der Waals surface area contributed by atoms with Gasteiger partial charge >= 0.3 is 0 Å². The van der Waals surface area contributed by atoms with Gasteiger partial charge in [-0.1, -0.05) is 6.07 Å². The zero-order valence-corrected chi connectivity index (χ0v) is 16.6. The molecule has 3 heterocycles. The van der Waals surface area contributed by atoms with E-state index in [1.807, 2.05) is 22.4 Å². The molecule has 0 spiro atoms. The van der Waals surface area contributed by atoms with Crippen LogP contribution in [0.3, 0.4) is 0 Å². The average Bonchev–Trinajstić information content (AvgIpc) is 3.23. The SMILES string of the molecule is CS(=O)(=O)CCN1CCN(C(=O)C2CCC(=O)N2Cc2cccs2)CC1. The van der Waals surface area contributed by atoms with Gasteiger partial charge in [-0.3, -0.25) is 14.5 Å². The van der Waals surface area contributed by atoms with Crippen molar-refractivity contribution >= 4 is 33.0 Å². The Balaban J connectivity index is 1.55. The lowest BCUT2D eigenvalue weighted by atomic mass is 10.1. The Bertz CT molecular complexity index is 740. The van der Waals surface area contributed by atoms with E-state index in [1.54, 1.807) is 16.2 Å². The van der Waals surface area contributed by atoms with E-state index in [-0.39, 0.29) is 23.6 Å². The minimum absolute atomic E-state index is 0.0233. The maximum absolute atomic E-state index is 12.9. The predicted octanol–water partition coefficient (Wildman–Crippen LogP) is 0.428. The molecule has 0 bridgehead atoms. The van der Waals surface area contributed by atoms with Crippen LogP contribution < -0.4 is 0 Å². The maximum Gasteiger partial charge on any atom is 0.245 e. The van der Waals surface area contributed by atoms with Crippen molar-refractivity contribution in [3.05, 3.63) is 22.4 Å². The summed E-state index contributed by atoms with van der Waals surface area (Å²) in [6.07, 6.45) is 2.25. The van der Waals surface area contributed by atoms with Crippen molar-refractivity contribution in [2.45, 2.75) is 25.4 Å². The van der Waals surface area contributed by atoms with Crippen LogP contribution in [-0.4, -0.2) is 85.7 Å². The lowest BCUT2D eigenvalue weighted by Gasteiger charge is -2.37. The van der Waals surface area contributed by atoms with Crippen LogP contribution in [0, 0.1) is 0 Å². The quantitative estimate of drug-likeness (QED) is 0.693. The summed E-state index contributed by atoms with van der Waals surface area (Å²) in [6, 6.07) is 3.57. The molecule has 1 aromatic rings. The van der Waals surface area contributed by atoms with Crippen LogP contribution in [0.15, 0.2) is 17.5 Å². The molecule has 2 fully saturated rings. The molecule has 1 aromatic heterocycles. The van der Waals surface area contributed by atoms with Gasteiger partial charge in [0, 0.05) is 50.3 Å². The Morgan fingerprint density at radius 3 is 2.62 bits per heavy atom. The van der Waals surface area contributed by atoms with Crippen molar-refractivity contribution in [2.75, 3.05) is 44.7 Å². The van der Waals surface area contributed by atoms with E-state index in [2.05, 4.69) is 4.90 Å². The number of nitrogens with zero attached hydrogens (tertiary/aromatic N) is 3. The summed E-state index contributed by atoms with van der Waals surface area (Å²) in [7, 11) is -2.97. The van der Waals surface area contributed by atoms with Crippen molar-refractivity contribution in [3.63, 3.8) is 0 Å². The highest BCUT2D eigenvalue weighted by Gasteiger charge is 2.38. The number of carbonyl (C=O) groups is 2. The first-order valence-corrected chi connectivity index (χ1v) is 11.8. The number of rotatable bonds is 6. The molecule has 0 aromatic carbocycles. The number of hydrogen-bond donors (Lipinski definition) is 0. The van der Waals surface area contributed by atoms with Crippen LogP contribution >= 0.6 is 11.3 Å². The molecule has 26 heavy (non-hydrogen) atoms. The first-order chi connectivity index (χ1) is 12.3. The zero-order valence-electron chi connectivity index (χ0n) is 15.0. The minimum Gasteiger partial charge on any atom is -0.338 e. The summed E-state index contributed by atoms with van der Waals surface area (Å²) in [6.45, 7) is 3.52. The number of likely N-dealkylation sites (tertiary alicyclic amines) is 1. The molecule has 2 amide bonds. The summed E-state index contributed by atoms with van der Waals surface area (Å²) in [5.74, 6) is 0.214. The second-order valence-electron chi connectivity index (χ2n) is 6.95. The molecule has 2 saturated heterocycles. The number of sulfone groups is 1. The Hall–Kier alpha value is -1.45. The highest BCUT2D eigenvalue weighted by molar-refractivity contribution is 7.90. The fourth-order valence-electron chi connectivity index (χ4n) is 3.46. The topological polar surface area (TPSA) is 78.0 Å². The Morgan fingerprint density at radius 2 is 2.00 bits per heavy atom. The smallest absolute Gasteiger partial charge is 0.245 e. The van der Waals surface area contributed by atoms with Gasteiger partial charge in [0.1, 0.15) is 15.9 Å². The number of piperazine rings is 1. The van der Waals surface area contributed by atoms with Gasteiger partial charge in [0.05, 0.1) is 12.3 Å². The molecule has 3 rings (SSSR count). The predicted molar refractivity (Wildman–Crippen MR) is 101 cm³/mol. The average molecular weight is 400 g/mol. The maximum atomic E-state index is 12.9. The summed E-state index contributed by atoms with van der Waals surface area (Å²) in [4.78, 5) is 31.9. The third-order valence-electron chi connectivity index (χ3n) is 4.98. The molecule has 9 heteroatoms. The highest BCUT2D eigenvalue weighted by Crippen LogP contribution is 2.25. The van der Waals surface area contributed by atoms with E-state index in [4.69, 9.17) is 0 Å². The molecule has 0 aliphatic carbocycles. The second kappa shape index (κ2) is 8.06. The van der Waals surface area contributed by atoms with E-state index in [0.29, 0.717) is 52.1 Å². The summed E-state index contributed by atoms with van der Waals surface area (Å²) >= 11 is 1.59. The second-order valence-corrected chi connectivity index (χ2v) is 10.2. The molecule has 1 unspecified atom stereocenters. The van der Waals surface area contributed by atoms with E-state index >= 15 is 0 Å². The Kier molecular flexibility index (Phi) is 5.99. The third kappa shape index (κ3) is 4.83. The normalized spacial score (nSPS) is 22.2. The first-order valence-electron chi connectivity index (χ1n) is 8.84. The summed E-state index contributed by atoms with van der Waals surface area (Å²) in [5.41, 5.74) is 0. The molecule has 0 radical (unpaired) electrons. The Morgan fingerprint density at radius 1 is 1.27 bits per heavy atom. The number of amides is 2. The van der Waals surface area contributed by atoms with Crippen LogP contribution in [0.5, 0.6) is 0 Å². The van der Waals surface area contributed by atoms with Gasteiger partial charge in [-0.2, -0.15) is 0 Å². The van der Waals surface area contributed by atoms with Gasteiger partial charge in [0.15, 0.2) is 0 Å². The van der Waals surface area contributed by atoms with Crippen molar-refractivity contribution in [1.29, 1.82) is 0 Å². The van der Waals surface area contributed by atoms with Crippen LogP contribution in [-0.2, 0) is 26.0 Å². The fourth-order valence-corrected chi connectivity index (χ4v) is 4.75. The van der Waals surface area contributed by atoms with E-state index in [0.717, 1.165) is 4.88 Å². The van der Waals surface area contributed by atoms with Gasteiger partial charge in [-0.25, -0.2) is 8.42 Å². The van der Waals surface area contributed by atoms with Gasteiger partial charge in [0.2, 0.25) is 11.8 Å². The molecule has 7 nitrogen and oxygen atoms in total. The molecule has 1 atom stereocenters. The fraction of sp³-hybridized carbons (Fsp3) is 0.647. The van der Waals surface area contributed by atoms with Crippen molar-refractivity contribution in [1.82, 2.24) is 14.7 Å². The van der Waals surface area contributed by atoms with Crippen LogP contribution in [0.4, 0.5) is 0 Å². The molecular formula is C17H25N3O4S2.